The summed E-state index contributed by atoms with van der Waals surface area (Å²) in [4.78, 5) is 27.1. The minimum atomic E-state index is -1.02. The molecule has 0 aliphatic carbocycles. The molecule has 0 bridgehead atoms. The van der Waals surface area contributed by atoms with E-state index in [-0.39, 0.29) is 23.1 Å². The highest BCUT2D eigenvalue weighted by Crippen LogP contribution is 2.21. The van der Waals surface area contributed by atoms with Crippen molar-refractivity contribution in [3.63, 3.8) is 0 Å². The van der Waals surface area contributed by atoms with Crippen molar-refractivity contribution in [3.8, 4) is 5.75 Å². The molecule has 21 heavy (non-hydrogen) atoms. The van der Waals surface area contributed by atoms with Crippen LogP contribution in [0.15, 0.2) is 18.2 Å². The summed E-state index contributed by atoms with van der Waals surface area (Å²) in [5, 5.41) is 21.7. The fraction of sp³-hybridized carbons (Fsp3) is 0.154. The molecule has 110 valence electrons. The second-order valence-electron chi connectivity index (χ2n) is 4.18. The van der Waals surface area contributed by atoms with Crippen molar-refractivity contribution in [2.75, 3.05) is 0 Å². The molecule has 3 N–H and O–H groups in total. The molecule has 2 aromatic rings. The lowest BCUT2D eigenvalue weighted by molar-refractivity contribution is 0.0701. The smallest absolute Gasteiger partial charge is 0.347 e. The lowest BCUT2D eigenvalue weighted by atomic mass is 10.2. The Labute approximate surface area is 138 Å². The van der Waals surface area contributed by atoms with Gasteiger partial charge in [-0.1, -0.05) is 0 Å². The van der Waals surface area contributed by atoms with Crippen LogP contribution in [0.4, 0.5) is 0 Å². The van der Waals surface area contributed by atoms with Crippen molar-refractivity contribution in [1.82, 2.24) is 10.3 Å². The van der Waals surface area contributed by atoms with Crippen LogP contribution in [-0.4, -0.2) is 27.1 Å². The van der Waals surface area contributed by atoms with Crippen LogP contribution in [0.5, 0.6) is 5.75 Å². The summed E-state index contributed by atoms with van der Waals surface area (Å²) in [7, 11) is 0. The van der Waals surface area contributed by atoms with Crippen LogP contribution < -0.4 is 5.32 Å². The maximum absolute atomic E-state index is 11.9. The van der Waals surface area contributed by atoms with E-state index in [9.17, 15) is 14.7 Å². The summed E-state index contributed by atoms with van der Waals surface area (Å²) in [6.07, 6.45) is 0. The fourth-order valence-electron chi connectivity index (χ4n) is 1.64. The molecule has 0 fully saturated rings. The third kappa shape index (κ3) is 3.70. The monoisotopic (exact) mass is 418 g/mol. The number of nitrogens with zero attached hydrogens (tertiary/aromatic N) is 1. The van der Waals surface area contributed by atoms with Crippen LogP contribution in [0.2, 0.25) is 0 Å². The summed E-state index contributed by atoms with van der Waals surface area (Å²) in [6.45, 7) is 1.76. The summed E-state index contributed by atoms with van der Waals surface area (Å²) in [6, 6.07) is 4.63. The van der Waals surface area contributed by atoms with E-state index in [0.29, 0.717) is 19.8 Å². The van der Waals surface area contributed by atoms with Gasteiger partial charge in [0.2, 0.25) is 0 Å². The number of hydrogen-bond acceptors (Lipinski definition) is 5. The lowest BCUT2D eigenvalue weighted by Crippen LogP contribution is -2.22. The maximum Gasteiger partial charge on any atom is 0.347 e. The second-order valence-corrected chi connectivity index (χ2v) is 6.42. The summed E-state index contributed by atoms with van der Waals surface area (Å²) >= 11 is 3.00. The van der Waals surface area contributed by atoms with Gasteiger partial charge < -0.3 is 15.5 Å². The van der Waals surface area contributed by atoms with E-state index in [4.69, 9.17) is 5.11 Å². The van der Waals surface area contributed by atoms with Gasteiger partial charge in [-0.3, -0.25) is 4.79 Å². The molecule has 6 nitrogen and oxygen atoms in total. The number of aryl methyl sites for hydroxylation is 1. The van der Waals surface area contributed by atoms with E-state index in [2.05, 4.69) is 10.3 Å². The Bertz CT molecular complexity index is 714. The number of nitrogens with one attached hydrogen (secondary N) is 1. The molecular weight excluding hydrogens is 407 g/mol. The topological polar surface area (TPSA) is 99.5 Å². The van der Waals surface area contributed by atoms with Gasteiger partial charge in [0, 0.05) is 5.56 Å². The average Bonchev–Trinajstić information content (AvgIpc) is 2.80. The van der Waals surface area contributed by atoms with Crippen molar-refractivity contribution in [1.29, 1.82) is 0 Å². The van der Waals surface area contributed by atoms with E-state index in [0.717, 1.165) is 11.3 Å². The number of carbonyl (C=O) groups excluding carboxylic acids is 1. The number of phenolic OH excluding ortho intramolecular Hbond substituents is 1. The van der Waals surface area contributed by atoms with Crippen LogP contribution >= 0.6 is 33.9 Å². The number of hydrogen-bond donors (Lipinski definition) is 3. The van der Waals surface area contributed by atoms with Crippen molar-refractivity contribution in [3.05, 3.63) is 42.9 Å². The lowest BCUT2D eigenvalue weighted by Gasteiger charge is -2.04. The van der Waals surface area contributed by atoms with Crippen LogP contribution in [0.25, 0.3) is 0 Å². The molecule has 0 aliphatic rings. The van der Waals surface area contributed by atoms with Gasteiger partial charge in [0.05, 0.1) is 15.8 Å². The fourth-order valence-corrected chi connectivity index (χ4v) is 2.82. The number of carbonyl (C=O) groups is 2. The van der Waals surface area contributed by atoms with Gasteiger partial charge in [0.25, 0.3) is 5.91 Å². The summed E-state index contributed by atoms with van der Waals surface area (Å²) in [5.74, 6) is -1.34. The number of phenols is 1. The first kappa shape index (κ1) is 15.7. The number of rotatable bonds is 4. The third-order valence-corrected chi connectivity index (χ3v) is 4.70. The highest BCUT2D eigenvalue weighted by atomic mass is 127. The molecule has 1 aromatic carbocycles. The van der Waals surface area contributed by atoms with Crippen LogP contribution in [-0.2, 0) is 6.54 Å². The molecule has 0 saturated heterocycles. The Kier molecular flexibility index (Phi) is 4.78. The van der Waals surface area contributed by atoms with Crippen LogP contribution in [0.3, 0.4) is 0 Å². The normalized spacial score (nSPS) is 10.4. The van der Waals surface area contributed by atoms with Gasteiger partial charge in [-0.25, -0.2) is 9.78 Å². The number of carboxylic acid groups (broad SMARTS) is 1. The van der Waals surface area contributed by atoms with Crippen molar-refractivity contribution >= 4 is 45.8 Å². The van der Waals surface area contributed by atoms with Crippen LogP contribution in [0, 0.1) is 10.5 Å². The van der Waals surface area contributed by atoms with Gasteiger partial charge in [0.1, 0.15) is 15.6 Å². The van der Waals surface area contributed by atoms with Crippen molar-refractivity contribution in [2.45, 2.75) is 13.5 Å². The quantitative estimate of drug-likeness (QED) is 0.663. The Morgan fingerprint density at radius 3 is 2.71 bits per heavy atom. The molecule has 0 saturated carbocycles. The molecule has 0 atom stereocenters. The first-order chi connectivity index (χ1) is 9.88. The Balaban J connectivity index is 2.05. The molecule has 1 amide bonds. The number of halogens is 1. The van der Waals surface area contributed by atoms with E-state index in [1.807, 2.05) is 22.6 Å². The highest BCUT2D eigenvalue weighted by Gasteiger charge is 2.15. The molecule has 8 heteroatoms. The standard InChI is InChI=1S/C13H11IN2O4S/c1-6-11(13(19)20)21-10(16-6)5-15-12(18)7-2-3-8(14)9(17)4-7/h2-4,17H,5H2,1H3,(H,15,18)(H,19,20). The SMILES string of the molecule is Cc1nc(CNC(=O)c2ccc(I)c(O)c2)sc1C(=O)O. The van der Waals surface area contributed by atoms with Gasteiger partial charge in [-0.05, 0) is 47.7 Å². The number of aromatic carboxylic acids is 1. The molecule has 2 rings (SSSR count). The first-order valence-electron chi connectivity index (χ1n) is 5.85. The second kappa shape index (κ2) is 6.39. The summed E-state index contributed by atoms with van der Waals surface area (Å²) in [5.41, 5.74) is 0.767. The first-order valence-corrected chi connectivity index (χ1v) is 7.74. The Morgan fingerprint density at radius 1 is 1.43 bits per heavy atom. The molecule has 0 radical (unpaired) electrons. The van der Waals surface area contributed by atoms with Gasteiger partial charge >= 0.3 is 5.97 Å². The Morgan fingerprint density at radius 2 is 2.14 bits per heavy atom. The van der Waals surface area contributed by atoms with E-state index in [1.54, 1.807) is 19.1 Å². The predicted octanol–water partition coefficient (Wildman–Crippen LogP) is 2.39. The van der Waals surface area contributed by atoms with E-state index >= 15 is 0 Å². The Hall–Kier alpha value is -1.68. The van der Waals surface area contributed by atoms with Gasteiger partial charge in [-0.2, -0.15) is 0 Å². The molecule has 1 aromatic heterocycles. The molecule has 0 aliphatic heterocycles. The number of aromatic nitrogens is 1. The zero-order valence-electron chi connectivity index (χ0n) is 10.9. The zero-order valence-corrected chi connectivity index (χ0v) is 13.9. The van der Waals surface area contributed by atoms with E-state index in [1.165, 1.54) is 6.07 Å². The molecule has 1 heterocycles. The third-order valence-electron chi connectivity index (χ3n) is 2.64. The number of aromatic hydroxyl groups is 1. The van der Waals surface area contributed by atoms with Gasteiger partial charge in [0.15, 0.2) is 0 Å². The van der Waals surface area contributed by atoms with E-state index < -0.39 is 5.97 Å². The number of carboxylic acids is 1. The molecule has 0 spiro atoms. The highest BCUT2D eigenvalue weighted by molar-refractivity contribution is 14.1. The molecule has 0 unspecified atom stereocenters. The van der Waals surface area contributed by atoms with Crippen LogP contribution in [0.1, 0.15) is 30.7 Å². The average molecular weight is 418 g/mol. The summed E-state index contributed by atoms with van der Waals surface area (Å²) < 4.78 is 0.658. The number of thiazole rings is 1. The van der Waals surface area contributed by atoms with Crippen molar-refractivity contribution in [2.24, 2.45) is 0 Å². The van der Waals surface area contributed by atoms with Crippen molar-refractivity contribution < 1.29 is 19.8 Å². The maximum atomic E-state index is 11.9. The largest absolute Gasteiger partial charge is 0.507 e. The molecular formula is C13H11IN2O4S. The minimum absolute atomic E-state index is 0.0431. The predicted molar refractivity (Wildman–Crippen MR) is 85.8 cm³/mol. The zero-order chi connectivity index (χ0) is 15.6. The number of benzene rings is 1. The van der Waals surface area contributed by atoms with Gasteiger partial charge in [-0.15, -0.1) is 11.3 Å². The minimum Gasteiger partial charge on any atom is -0.507 e. The number of amides is 1.